The van der Waals surface area contributed by atoms with Crippen molar-refractivity contribution < 1.29 is 9.18 Å². The van der Waals surface area contributed by atoms with Crippen LogP contribution in [-0.4, -0.2) is 20.7 Å². The van der Waals surface area contributed by atoms with Crippen molar-refractivity contribution in [3.63, 3.8) is 0 Å². The van der Waals surface area contributed by atoms with E-state index in [0.29, 0.717) is 33.7 Å². The topological polar surface area (TPSA) is 59.8 Å². The summed E-state index contributed by atoms with van der Waals surface area (Å²) < 4.78 is 15.0. The Morgan fingerprint density at radius 1 is 1.10 bits per heavy atom. The van der Waals surface area contributed by atoms with Gasteiger partial charge in [0.15, 0.2) is 5.65 Å². The quantitative estimate of drug-likeness (QED) is 0.508. The van der Waals surface area contributed by atoms with E-state index in [-0.39, 0.29) is 17.8 Å². The van der Waals surface area contributed by atoms with Crippen LogP contribution in [0.4, 0.5) is 4.39 Å². The summed E-state index contributed by atoms with van der Waals surface area (Å²) >= 11 is 0. The van der Waals surface area contributed by atoms with Gasteiger partial charge in [-0.1, -0.05) is 37.3 Å². The molecule has 0 spiro atoms. The zero-order valence-corrected chi connectivity index (χ0v) is 17.2. The van der Waals surface area contributed by atoms with Gasteiger partial charge in [-0.05, 0) is 56.2 Å². The third-order valence-electron chi connectivity index (χ3n) is 5.17. The Bertz CT molecular complexity index is 1200. The fraction of sp³-hybridized carbons (Fsp3) is 0.208. The first-order valence-corrected chi connectivity index (χ1v) is 9.96. The molecule has 30 heavy (non-hydrogen) atoms. The second-order valence-electron chi connectivity index (χ2n) is 7.33. The number of aromatic nitrogens is 3. The highest BCUT2D eigenvalue weighted by Crippen LogP contribution is 2.26. The van der Waals surface area contributed by atoms with Crippen molar-refractivity contribution in [1.82, 2.24) is 20.1 Å². The van der Waals surface area contributed by atoms with Crippen LogP contribution in [-0.2, 0) is 0 Å². The lowest BCUT2D eigenvalue weighted by molar-refractivity contribution is 0.0937. The van der Waals surface area contributed by atoms with E-state index >= 15 is 0 Å². The van der Waals surface area contributed by atoms with Gasteiger partial charge in [0, 0.05) is 5.69 Å². The summed E-state index contributed by atoms with van der Waals surface area (Å²) in [5.74, 6) is -0.481. The molecule has 2 heterocycles. The number of nitrogens with one attached hydrogen (secondary N) is 1. The molecule has 2 aromatic heterocycles. The number of aryl methyl sites for hydroxylation is 2. The molecule has 0 unspecified atom stereocenters. The van der Waals surface area contributed by atoms with Crippen LogP contribution in [0.5, 0.6) is 0 Å². The number of carbonyl (C=O) groups excluding carboxylic acids is 1. The standard InChI is InChI=1S/C24H23FN4O/c1-4-21(17-8-6-5-7-9-17)27-24(30)20-14-15(2)26-23-22(20)16(3)28-29(23)19-12-10-18(25)11-13-19/h5-14,21H,4H2,1-3H3,(H,27,30)/t21-/m0/s1. The van der Waals surface area contributed by atoms with Crippen LogP contribution in [0.15, 0.2) is 60.7 Å². The lowest BCUT2D eigenvalue weighted by Crippen LogP contribution is -2.28. The van der Waals surface area contributed by atoms with E-state index in [1.54, 1.807) is 22.9 Å². The van der Waals surface area contributed by atoms with Gasteiger partial charge in [0.25, 0.3) is 5.91 Å². The van der Waals surface area contributed by atoms with Crippen LogP contribution in [0.2, 0.25) is 0 Å². The fourth-order valence-electron chi connectivity index (χ4n) is 3.70. The molecule has 0 aliphatic rings. The minimum atomic E-state index is -0.317. The molecular weight excluding hydrogens is 379 g/mol. The van der Waals surface area contributed by atoms with E-state index < -0.39 is 0 Å². The van der Waals surface area contributed by atoms with E-state index in [2.05, 4.69) is 15.4 Å². The van der Waals surface area contributed by atoms with Crippen LogP contribution < -0.4 is 5.32 Å². The predicted octanol–water partition coefficient (Wildman–Crippen LogP) is 5.06. The molecular formula is C24H23FN4O. The first kappa shape index (κ1) is 19.8. The number of hydrogen-bond acceptors (Lipinski definition) is 3. The van der Waals surface area contributed by atoms with E-state index in [9.17, 15) is 9.18 Å². The first-order valence-electron chi connectivity index (χ1n) is 9.96. The highest BCUT2D eigenvalue weighted by molar-refractivity contribution is 6.07. The SMILES string of the molecule is CC[C@H](NC(=O)c1cc(C)nc2c1c(C)nn2-c1ccc(F)cc1)c1ccccc1. The zero-order valence-electron chi connectivity index (χ0n) is 17.2. The van der Waals surface area contributed by atoms with Gasteiger partial charge in [-0.2, -0.15) is 5.10 Å². The fourth-order valence-corrected chi connectivity index (χ4v) is 3.70. The van der Waals surface area contributed by atoms with Gasteiger partial charge in [0.2, 0.25) is 0 Å². The number of benzene rings is 2. The highest BCUT2D eigenvalue weighted by atomic mass is 19.1. The normalized spacial score (nSPS) is 12.1. The number of fused-ring (bicyclic) bond motifs is 1. The van der Waals surface area contributed by atoms with Crippen molar-refractivity contribution in [2.24, 2.45) is 0 Å². The predicted molar refractivity (Wildman–Crippen MR) is 115 cm³/mol. The van der Waals surface area contributed by atoms with Crippen molar-refractivity contribution in [3.8, 4) is 5.69 Å². The molecule has 0 aliphatic carbocycles. The number of nitrogens with zero attached hydrogens (tertiary/aromatic N) is 3. The molecule has 0 saturated carbocycles. The molecule has 1 N–H and O–H groups in total. The molecule has 152 valence electrons. The van der Waals surface area contributed by atoms with Gasteiger partial charge in [-0.3, -0.25) is 4.79 Å². The zero-order chi connectivity index (χ0) is 21.3. The Hall–Kier alpha value is -3.54. The molecule has 4 rings (SSSR count). The van der Waals surface area contributed by atoms with Crippen molar-refractivity contribution in [2.75, 3.05) is 0 Å². The molecule has 0 saturated heterocycles. The maximum Gasteiger partial charge on any atom is 0.252 e. The van der Waals surface area contributed by atoms with Gasteiger partial charge in [-0.25, -0.2) is 14.1 Å². The van der Waals surface area contributed by atoms with Gasteiger partial charge < -0.3 is 5.32 Å². The molecule has 6 heteroatoms. The summed E-state index contributed by atoms with van der Waals surface area (Å²) in [7, 11) is 0. The van der Waals surface area contributed by atoms with Gasteiger partial charge in [0.1, 0.15) is 5.82 Å². The maximum absolute atomic E-state index is 13.4. The number of rotatable bonds is 5. The van der Waals surface area contributed by atoms with Crippen LogP contribution >= 0.6 is 0 Å². The summed E-state index contributed by atoms with van der Waals surface area (Å²) in [6.07, 6.45) is 0.775. The van der Waals surface area contributed by atoms with Crippen LogP contribution in [0.3, 0.4) is 0 Å². The number of amides is 1. The van der Waals surface area contributed by atoms with Gasteiger partial charge >= 0.3 is 0 Å². The number of halogens is 1. The molecule has 0 fully saturated rings. The Balaban J connectivity index is 1.77. The highest BCUT2D eigenvalue weighted by Gasteiger charge is 2.21. The number of hydrogen-bond donors (Lipinski definition) is 1. The van der Waals surface area contributed by atoms with E-state index in [1.807, 2.05) is 51.1 Å². The van der Waals surface area contributed by atoms with E-state index in [0.717, 1.165) is 12.0 Å². The second kappa shape index (κ2) is 8.06. The molecule has 2 aromatic carbocycles. The molecule has 1 amide bonds. The first-order chi connectivity index (χ1) is 14.5. The van der Waals surface area contributed by atoms with Gasteiger partial charge in [0.05, 0.1) is 28.4 Å². The Labute approximate surface area is 174 Å². The monoisotopic (exact) mass is 402 g/mol. The molecule has 1 atom stereocenters. The molecule has 0 radical (unpaired) electrons. The summed E-state index contributed by atoms with van der Waals surface area (Å²) in [6.45, 7) is 5.75. The molecule has 4 aromatic rings. The Kier molecular flexibility index (Phi) is 5.31. The van der Waals surface area contributed by atoms with Crippen LogP contribution in [0, 0.1) is 19.7 Å². The summed E-state index contributed by atoms with van der Waals surface area (Å²) in [6, 6.07) is 17.7. The smallest absolute Gasteiger partial charge is 0.252 e. The van der Waals surface area contributed by atoms with Crippen molar-refractivity contribution >= 4 is 16.9 Å². The molecule has 0 aliphatic heterocycles. The Morgan fingerprint density at radius 3 is 2.47 bits per heavy atom. The molecule has 0 bridgehead atoms. The van der Waals surface area contributed by atoms with E-state index in [4.69, 9.17) is 0 Å². The van der Waals surface area contributed by atoms with Crippen LogP contribution in [0.1, 0.15) is 46.7 Å². The lowest BCUT2D eigenvalue weighted by atomic mass is 10.0. The largest absolute Gasteiger partial charge is 0.345 e. The summed E-state index contributed by atoms with van der Waals surface area (Å²) in [5.41, 5.74) is 4.28. The molecule has 5 nitrogen and oxygen atoms in total. The van der Waals surface area contributed by atoms with Crippen molar-refractivity contribution in [1.29, 1.82) is 0 Å². The average molecular weight is 402 g/mol. The lowest BCUT2D eigenvalue weighted by Gasteiger charge is -2.18. The third-order valence-corrected chi connectivity index (χ3v) is 5.17. The maximum atomic E-state index is 13.4. The minimum absolute atomic E-state index is 0.0883. The second-order valence-corrected chi connectivity index (χ2v) is 7.33. The summed E-state index contributed by atoms with van der Waals surface area (Å²) in [5, 5.41) is 8.43. The Morgan fingerprint density at radius 2 is 1.80 bits per heavy atom. The van der Waals surface area contributed by atoms with Crippen molar-refractivity contribution in [3.05, 3.63) is 89.0 Å². The van der Waals surface area contributed by atoms with Crippen LogP contribution in [0.25, 0.3) is 16.7 Å². The summed E-state index contributed by atoms with van der Waals surface area (Å²) in [4.78, 5) is 17.9. The number of carbonyl (C=O) groups is 1. The third kappa shape index (κ3) is 3.68. The number of pyridine rings is 1. The average Bonchev–Trinajstić information content (AvgIpc) is 3.08. The van der Waals surface area contributed by atoms with Crippen molar-refractivity contribution in [2.45, 2.75) is 33.2 Å². The van der Waals surface area contributed by atoms with E-state index in [1.165, 1.54) is 12.1 Å². The minimum Gasteiger partial charge on any atom is -0.345 e. The van der Waals surface area contributed by atoms with Gasteiger partial charge in [-0.15, -0.1) is 0 Å².